The summed E-state index contributed by atoms with van der Waals surface area (Å²) in [5.74, 6) is -1.90. The Morgan fingerprint density at radius 1 is 1.26 bits per heavy atom. The number of hydrogen-bond acceptors (Lipinski definition) is 3. The minimum Gasteiger partial charge on any atom is -0.343 e. The van der Waals surface area contributed by atoms with Gasteiger partial charge in [-0.05, 0) is 28.5 Å². The summed E-state index contributed by atoms with van der Waals surface area (Å²) in [6, 6.07) is 5.78. The molecule has 0 fully saturated rings. The van der Waals surface area contributed by atoms with Gasteiger partial charge >= 0.3 is 12.1 Å². The second-order valence-corrected chi connectivity index (χ2v) is 5.89. The Labute approximate surface area is 115 Å². The molecule has 2 rings (SSSR count). The molecule has 2 heterocycles. The summed E-state index contributed by atoms with van der Waals surface area (Å²) in [7, 11) is 0. The number of amides is 1. The third kappa shape index (κ3) is 4.07. The predicted octanol–water partition coefficient (Wildman–Crippen LogP) is 3.58. The van der Waals surface area contributed by atoms with Gasteiger partial charge in [0.25, 0.3) is 0 Å². The lowest BCUT2D eigenvalue weighted by atomic mass is 10.2. The van der Waals surface area contributed by atoms with Gasteiger partial charge in [0.15, 0.2) is 0 Å². The summed E-state index contributed by atoms with van der Waals surface area (Å²) in [5.41, 5.74) is 1.05. The highest BCUT2D eigenvalue weighted by Crippen LogP contribution is 2.21. The molecule has 2 nitrogen and oxygen atoms in total. The Morgan fingerprint density at radius 3 is 2.68 bits per heavy atom. The van der Waals surface area contributed by atoms with E-state index < -0.39 is 12.1 Å². The lowest BCUT2D eigenvalue weighted by molar-refractivity contribution is -0.173. The van der Waals surface area contributed by atoms with E-state index in [1.165, 1.54) is 16.2 Å². The molecule has 0 aliphatic heterocycles. The summed E-state index contributed by atoms with van der Waals surface area (Å²) >= 11 is 2.98. The van der Waals surface area contributed by atoms with Crippen LogP contribution in [0.5, 0.6) is 0 Å². The van der Waals surface area contributed by atoms with Gasteiger partial charge in [0.1, 0.15) is 0 Å². The fourth-order valence-electron chi connectivity index (χ4n) is 1.49. The zero-order chi connectivity index (χ0) is 13.9. The van der Waals surface area contributed by atoms with Gasteiger partial charge in [0.2, 0.25) is 0 Å². The molecule has 7 heteroatoms. The molecule has 0 saturated carbocycles. The van der Waals surface area contributed by atoms with Crippen molar-refractivity contribution in [2.45, 2.75) is 19.1 Å². The first-order valence-corrected chi connectivity index (χ1v) is 7.15. The average molecular weight is 305 g/mol. The van der Waals surface area contributed by atoms with Crippen molar-refractivity contribution in [2.75, 3.05) is 0 Å². The molecule has 0 spiro atoms. The van der Waals surface area contributed by atoms with Crippen LogP contribution in [0.2, 0.25) is 0 Å². The normalized spacial score (nSPS) is 11.5. The molecule has 102 valence electrons. The van der Waals surface area contributed by atoms with Gasteiger partial charge in [0, 0.05) is 16.2 Å². The van der Waals surface area contributed by atoms with E-state index in [0.29, 0.717) is 4.88 Å². The van der Waals surface area contributed by atoms with E-state index in [-0.39, 0.29) is 6.54 Å². The lowest BCUT2D eigenvalue weighted by Gasteiger charge is -2.06. The Bertz CT molecular complexity index is 546. The molecule has 2 aromatic heterocycles. The fraction of sp³-hybridized carbons (Fsp3) is 0.250. The molecule has 0 aliphatic rings. The number of nitrogens with one attached hydrogen (secondary N) is 1. The van der Waals surface area contributed by atoms with E-state index in [4.69, 9.17) is 0 Å². The van der Waals surface area contributed by atoms with Gasteiger partial charge in [0.05, 0.1) is 6.54 Å². The van der Waals surface area contributed by atoms with Crippen LogP contribution in [0.1, 0.15) is 15.3 Å². The summed E-state index contributed by atoms with van der Waals surface area (Å²) in [6.45, 7) is -0.0898. The number of carbonyl (C=O) groups is 1. The third-order valence-electron chi connectivity index (χ3n) is 2.35. The molecule has 0 unspecified atom stereocenters. The van der Waals surface area contributed by atoms with Gasteiger partial charge in [-0.1, -0.05) is 6.07 Å². The minimum absolute atomic E-state index is 0.0898. The standard InChI is InChI=1S/C12H10F3NOS2/c13-12(14,15)11(17)16-6-10-5-8(7-19-10)4-9-2-1-3-18-9/h1-3,5,7H,4,6H2,(H,16,17). The van der Waals surface area contributed by atoms with E-state index in [1.807, 2.05) is 34.3 Å². The Balaban J connectivity index is 1.89. The van der Waals surface area contributed by atoms with Crippen molar-refractivity contribution in [1.29, 1.82) is 0 Å². The maximum absolute atomic E-state index is 12.0. The van der Waals surface area contributed by atoms with Crippen molar-refractivity contribution >= 4 is 28.6 Å². The van der Waals surface area contributed by atoms with Crippen molar-refractivity contribution in [1.82, 2.24) is 5.32 Å². The van der Waals surface area contributed by atoms with Crippen molar-refractivity contribution < 1.29 is 18.0 Å². The minimum atomic E-state index is -4.82. The summed E-state index contributed by atoms with van der Waals surface area (Å²) in [4.78, 5) is 12.6. The highest BCUT2D eigenvalue weighted by molar-refractivity contribution is 7.10. The molecule has 19 heavy (non-hydrogen) atoms. The predicted molar refractivity (Wildman–Crippen MR) is 69.3 cm³/mol. The molecule has 1 amide bonds. The Kier molecular flexibility index (Phi) is 4.26. The van der Waals surface area contributed by atoms with Crippen LogP contribution in [0.4, 0.5) is 13.2 Å². The van der Waals surface area contributed by atoms with Crippen molar-refractivity contribution in [3.63, 3.8) is 0 Å². The number of carbonyl (C=O) groups excluding carboxylic acids is 1. The quantitative estimate of drug-likeness (QED) is 0.919. The molecular weight excluding hydrogens is 295 g/mol. The third-order valence-corrected chi connectivity index (χ3v) is 4.21. The van der Waals surface area contributed by atoms with E-state index in [1.54, 1.807) is 11.3 Å². The van der Waals surface area contributed by atoms with Crippen LogP contribution in [-0.4, -0.2) is 12.1 Å². The van der Waals surface area contributed by atoms with Crippen LogP contribution in [-0.2, 0) is 17.8 Å². The molecule has 0 radical (unpaired) electrons. The first kappa shape index (κ1) is 14.1. The number of halogens is 3. The summed E-state index contributed by atoms with van der Waals surface area (Å²) in [5, 5.41) is 5.74. The van der Waals surface area contributed by atoms with Crippen LogP contribution < -0.4 is 5.32 Å². The molecule has 0 aliphatic carbocycles. The zero-order valence-corrected chi connectivity index (χ0v) is 11.3. The van der Waals surface area contributed by atoms with E-state index in [0.717, 1.165) is 12.0 Å². The van der Waals surface area contributed by atoms with E-state index >= 15 is 0 Å². The second kappa shape index (κ2) is 5.75. The number of hydrogen-bond donors (Lipinski definition) is 1. The molecule has 0 atom stereocenters. The lowest BCUT2D eigenvalue weighted by Crippen LogP contribution is -2.36. The Hall–Kier alpha value is -1.34. The smallest absolute Gasteiger partial charge is 0.343 e. The Morgan fingerprint density at radius 2 is 2.05 bits per heavy atom. The van der Waals surface area contributed by atoms with Crippen molar-refractivity contribution in [3.8, 4) is 0 Å². The van der Waals surface area contributed by atoms with Crippen LogP contribution in [0, 0.1) is 0 Å². The first-order valence-electron chi connectivity index (χ1n) is 5.39. The topological polar surface area (TPSA) is 29.1 Å². The van der Waals surface area contributed by atoms with Crippen LogP contribution in [0.15, 0.2) is 29.0 Å². The maximum atomic E-state index is 12.0. The molecule has 0 bridgehead atoms. The van der Waals surface area contributed by atoms with E-state index in [9.17, 15) is 18.0 Å². The largest absolute Gasteiger partial charge is 0.471 e. The van der Waals surface area contributed by atoms with Crippen LogP contribution in [0.25, 0.3) is 0 Å². The zero-order valence-electron chi connectivity index (χ0n) is 9.66. The maximum Gasteiger partial charge on any atom is 0.471 e. The van der Waals surface area contributed by atoms with Gasteiger partial charge in [-0.25, -0.2) is 0 Å². The van der Waals surface area contributed by atoms with Gasteiger partial charge in [-0.3, -0.25) is 4.79 Å². The fourth-order valence-corrected chi connectivity index (χ4v) is 3.06. The number of thiophene rings is 2. The first-order chi connectivity index (χ1) is 8.95. The molecular formula is C12H10F3NOS2. The van der Waals surface area contributed by atoms with Crippen LogP contribution in [0.3, 0.4) is 0 Å². The van der Waals surface area contributed by atoms with Gasteiger partial charge in [-0.2, -0.15) is 13.2 Å². The molecule has 0 saturated heterocycles. The molecule has 0 aromatic carbocycles. The van der Waals surface area contributed by atoms with Crippen LogP contribution >= 0.6 is 22.7 Å². The number of rotatable bonds is 4. The summed E-state index contributed by atoms with van der Waals surface area (Å²) in [6.07, 6.45) is -4.06. The molecule has 1 N–H and O–H groups in total. The molecule has 2 aromatic rings. The highest BCUT2D eigenvalue weighted by atomic mass is 32.1. The number of alkyl halides is 3. The van der Waals surface area contributed by atoms with Gasteiger partial charge in [-0.15, -0.1) is 22.7 Å². The second-order valence-electron chi connectivity index (χ2n) is 3.86. The average Bonchev–Trinajstić information content (AvgIpc) is 2.97. The van der Waals surface area contributed by atoms with E-state index in [2.05, 4.69) is 0 Å². The highest BCUT2D eigenvalue weighted by Gasteiger charge is 2.38. The SMILES string of the molecule is O=C(NCc1cc(Cc2cccs2)cs1)C(F)(F)F. The van der Waals surface area contributed by atoms with Crippen molar-refractivity contribution in [3.05, 3.63) is 44.3 Å². The monoisotopic (exact) mass is 305 g/mol. The van der Waals surface area contributed by atoms with Gasteiger partial charge < -0.3 is 5.32 Å². The summed E-state index contributed by atoms with van der Waals surface area (Å²) < 4.78 is 36.0. The van der Waals surface area contributed by atoms with Crippen molar-refractivity contribution in [2.24, 2.45) is 0 Å².